The van der Waals surface area contributed by atoms with E-state index in [1.165, 1.54) is 0 Å². The van der Waals surface area contributed by atoms with Gasteiger partial charge in [0, 0.05) is 36.0 Å². The minimum atomic E-state index is 0.0290. The fraction of sp³-hybridized carbons (Fsp3) is 0.455. The van der Waals surface area contributed by atoms with E-state index in [4.69, 9.17) is 11.1 Å². The molecule has 1 aliphatic heterocycles. The van der Waals surface area contributed by atoms with Crippen molar-refractivity contribution >= 4 is 23.3 Å². The number of thioether (sulfide) groups is 1. The van der Waals surface area contributed by atoms with Gasteiger partial charge in [-0.3, -0.25) is 10.4 Å². The summed E-state index contributed by atoms with van der Waals surface area (Å²) < 4.78 is 0. The summed E-state index contributed by atoms with van der Waals surface area (Å²) in [6.45, 7) is 4.34. The zero-order valence-electron chi connectivity index (χ0n) is 9.31. The molecular formula is C11H16N4S. The standard InChI is InChI=1S/C11H16N4S/c1-8-7-15(4-5-16-8)9-2-3-14-10(6-9)11(12)13/h2-3,6,8H,4-5,7H2,1H3,(H3,12,13). The lowest BCUT2D eigenvalue weighted by molar-refractivity contribution is 0.782. The van der Waals surface area contributed by atoms with Crippen molar-refractivity contribution in [3.8, 4) is 0 Å². The lowest BCUT2D eigenvalue weighted by Gasteiger charge is -2.32. The third-order valence-corrected chi connectivity index (χ3v) is 3.76. The van der Waals surface area contributed by atoms with Gasteiger partial charge in [-0.2, -0.15) is 11.8 Å². The molecule has 1 aliphatic rings. The lowest BCUT2D eigenvalue weighted by Crippen LogP contribution is -2.36. The molecule has 1 saturated heterocycles. The molecule has 0 amide bonds. The highest BCUT2D eigenvalue weighted by atomic mass is 32.2. The molecule has 4 nitrogen and oxygen atoms in total. The first-order valence-corrected chi connectivity index (χ1v) is 6.38. The highest BCUT2D eigenvalue weighted by molar-refractivity contribution is 8.00. The van der Waals surface area contributed by atoms with Crippen molar-refractivity contribution in [2.45, 2.75) is 12.2 Å². The number of aromatic nitrogens is 1. The van der Waals surface area contributed by atoms with Gasteiger partial charge in [-0.1, -0.05) is 6.92 Å². The maximum atomic E-state index is 7.38. The van der Waals surface area contributed by atoms with Crippen LogP contribution in [0.25, 0.3) is 0 Å². The van der Waals surface area contributed by atoms with Crippen molar-refractivity contribution in [2.75, 3.05) is 23.7 Å². The molecule has 0 aromatic carbocycles. The number of anilines is 1. The maximum absolute atomic E-state index is 7.38. The number of rotatable bonds is 2. The van der Waals surface area contributed by atoms with Crippen LogP contribution >= 0.6 is 11.8 Å². The average molecular weight is 236 g/mol. The Morgan fingerprint density at radius 3 is 3.19 bits per heavy atom. The van der Waals surface area contributed by atoms with Crippen molar-refractivity contribution < 1.29 is 0 Å². The Balaban J connectivity index is 2.19. The summed E-state index contributed by atoms with van der Waals surface area (Å²) in [5.41, 5.74) is 7.11. The van der Waals surface area contributed by atoms with Crippen LogP contribution in [0.1, 0.15) is 12.6 Å². The molecule has 2 heterocycles. The van der Waals surface area contributed by atoms with Crippen molar-refractivity contribution in [2.24, 2.45) is 5.73 Å². The Kier molecular flexibility index (Phi) is 3.33. The number of hydrogen-bond acceptors (Lipinski definition) is 4. The Bertz CT molecular complexity index is 393. The van der Waals surface area contributed by atoms with Crippen molar-refractivity contribution in [3.05, 3.63) is 24.0 Å². The Morgan fingerprint density at radius 1 is 1.69 bits per heavy atom. The SMILES string of the molecule is CC1CN(c2ccnc(C(=N)N)c2)CCS1. The van der Waals surface area contributed by atoms with Gasteiger partial charge in [0.05, 0.1) is 0 Å². The van der Waals surface area contributed by atoms with Crippen LogP contribution < -0.4 is 10.6 Å². The van der Waals surface area contributed by atoms with E-state index < -0.39 is 0 Å². The highest BCUT2D eigenvalue weighted by Gasteiger charge is 2.17. The summed E-state index contributed by atoms with van der Waals surface area (Å²) in [7, 11) is 0. The lowest BCUT2D eigenvalue weighted by atomic mass is 10.2. The molecule has 3 N–H and O–H groups in total. The molecule has 1 aromatic rings. The number of amidine groups is 1. The molecular weight excluding hydrogens is 220 g/mol. The first kappa shape index (κ1) is 11.3. The van der Waals surface area contributed by atoms with Crippen molar-refractivity contribution in [1.82, 2.24) is 4.98 Å². The van der Waals surface area contributed by atoms with Crippen LogP contribution in [0.4, 0.5) is 5.69 Å². The largest absolute Gasteiger partial charge is 0.382 e. The average Bonchev–Trinajstić information content (AvgIpc) is 2.29. The molecule has 0 spiro atoms. The molecule has 1 fully saturated rings. The Labute approximate surface area is 99.7 Å². The predicted molar refractivity (Wildman–Crippen MR) is 69.4 cm³/mol. The van der Waals surface area contributed by atoms with E-state index in [1.807, 2.05) is 23.9 Å². The normalized spacial score (nSPS) is 20.8. The van der Waals surface area contributed by atoms with Crippen LogP contribution in [0, 0.1) is 5.41 Å². The summed E-state index contributed by atoms with van der Waals surface area (Å²) in [5.74, 6) is 1.18. The van der Waals surface area contributed by atoms with E-state index in [2.05, 4.69) is 16.8 Å². The first-order valence-electron chi connectivity index (χ1n) is 5.34. The fourth-order valence-corrected chi connectivity index (χ4v) is 2.83. The quantitative estimate of drug-likeness (QED) is 0.600. The van der Waals surface area contributed by atoms with Crippen molar-refractivity contribution in [3.63, 3.8) is 0 Å². The van der Waals surface area contributed by atoms with Crippen LogP contribution in [0.2, 0.25) is 0 Å². The van der Waals surface area contributed by atoms with Crippen molar-refractivity contribution in [1.29, 1.82) is 5.41 Å². The number of nitrogens with one attached hydrogen (secondary N) is 1. The molecule has 16 heavy (non-hydrogen) atoms. The van der Waals surface area contributed by atoms with Crippen LogP contribution in [0.15, 0.2) is 18.3 Å². The molecule has 1 unspecified atom stereocenters. The predicted octanol–water partition coefficient (Wildman–Crippen LogP) is 1.31. The molecule has 1 atom stereocenters. The summed E-state index contributed by atoms with van der Waals surface area (Å²) in [6.07, 6.45) is 1.72. The van der Waals surface area contributed by atoms with E-state index in [0.717, 1.165) is 24.5 Å². The van der Waals surface area contributed by atoms with E-state index >= 15 is 0 Å². The Morgan fingerprint density at radius 2 is 2.50 bits per heavy atom. The minimum Gasteiger partial charge on any atom is -0.382 e. The van der Waals surface area contributed by atoms with Gasteiger partial charge in [0.2, 0.25) is 0 Å². The van der Waals surface area contributed by atoms with Crippen LogP contribution in [-0.4, -0.2) is 34.9 Å². The second kappa shape index (κ2) is 4.74. The molecule has 0 saturated carbocycles. The molecule has 86 valence electrons. The third kappa shape index (κ3) is 2.47. The highest BCUT2D eigenvalue weighted by Crippen LogP contribution is 2.23. The number of hydrogen-bond donors (Lipinski definition) is 2. The number of nitrogen functional groups attached to an aromatic ring is 1. The second-order valence-corrected chi connectivity index (χ2v) is 5.49. The third-order valence-electron chi connectivity index (χ3n) is 2.63. The fourth-order valence-electron chi connectivity index (χ4n) is 1.82. The summed E-state index contributed by atoms with van der Waals surface area (Å²) in [5, 5.41) is 8.03. The minimum absolute atomic E-state index is 0.0290. The molecule has 1 aromatic heterocycles. The summed E-state index contributed by atoms with van der Waals surface area (Å²) in [4.78, 5) is 6.40. The maximum Gasteiger partial charge on any atom is 0.141 e. The topological polar surface area (TPSA) is 66.0 Å². The monoisotopic (exact) mass is 236 g/mol. The molecule has 2 rings (SSSR count). The molecule has 0 radical (unpaired) electrons. The zero-order chi connectivity index (χ0) is 11.5. The smallest absolute Gasteiger partial charge is 0.141 e. The van der Waals surface area contributed by atoms with Crippen LogP contribution in [0.3, 0.4) is 0 Å². The molecule has 0 aliphatic carbocycles. The van der Waals surface area contributed by atoms with Gasteiger partial charge in [0.1, 0.15) is 11.5 Å². The van der Waals surface area contributed by atoms with Crippen LogP contribution in [-0.2, 0) is 0 Å². The summed E-state index contributed by atoms with van der Waals surface area (Å²) >= 11 is 2.00. The van der Waals surface area contributed by atoms with E-state index in [1.54, 1.807) is 6.20 Å². The number of nitrogens with zero attached hydrogens (tertiary/aromatic N) is 2. The van der Waals surface area contributed by atoms with Gasteiger partial charge >= 0.3 is 0 Å². The second-order valence-electron chi connectivity index (χ2n) is 3.94. The van der Waals surface area contributed by atoms with E-state index in [9.17, 15) is 0 Å². The Hall–Kier alpha value is -1.23. The number of nitrogens with two attached hydrogens (primary N) is 1. The van der Waals surface area contributed by atoms with Gasteiger partial charge in [0.25, 0.3) is 0 Å². The number of pyridine rings is 1. The zero-order valence-corrected chi connectivity index (χ0v) is 10.1. The summed E-state index contributed by atoms with van der Waals surface area (Å²) in [6, 6.07) is 3.88. The van der Waals surface area contributed by atoms with Gasteiger partial charge in [-0.05, 0) is 12.1 Å². The van der Waals surface area contributed by atoms with E-state index in [0.29, 0.717) is 10.9 Å². The molecule has 0 bridgehead atoms. The molecule has 5 heteroatoms. The van der Waals surface area contributed by atoms with Gasteiger partial charge in [0.15, 0.2) is 0 Å². The van der Waals surface area contributed by atoms with Gasteiger partial charge in [-0.15, -0.1) is 0 Å². The first-order chi connectivity index (χ1) is 7.66. The van der Waals surface area contributed by atoms with Crippen LogP contribution in [0.5, 0.6) is 0 Å². The van der Waals surface area contributed by atoms with Gasteiger partial charge in [-0.25, -0.2) is 0 Å². The van der Waals surface area contributed by atoms with Gasteiger partial charge < -0.3 is 10.6 Å². The van der Waals surface area contributed by atoms with E-state index in [-0.39, 0.29) is 5.84 Å².